The first-order chi connectivity index (χ1) is 11.0. The maximum Gasteiger partial charge on any atom is 0.498 e. The first kappa shape index (κ1) is 18.8. The zero-order chi connectivity index (χ0) is 18.3. The molecule has 0 amide bonds. The lowest BCUT2D eigenvalue weighted by molar-refractivity contribution is -0.139. The summed E-state index contributed by atoms with van der Waals surface area (Å²) in [5, 5.41) is 9.13. The van der Waals surface area contributed by atoms with Gasteiger partial charge in [-0.25, -0.2) is 0 Å². The quantitative estimate of drug-likeness (QED) is 0.793. The van der Waals surface area contributed by atoms with Crippen LogP contribution in [0.5, 0.6) is 5.75 Å². The van der Waals surface area contributed by atoms with E-state index in [0.717, 1.165) is 11.0 Å². The van der Waals surface area contributed by atoms with Crippen LogP contribution < -0.4 is 15.9 Å². The maximum atomic E-state index is 11.1. The Morgan fingerprint density at radius 1 is 1.25 bits per heavy atom. The third-order valence-electron chi connectivity index (χ3n) is 5.11. The van der Waals surface area contributed by atoms with Gasteiger partial charge in [-0.2, -0.15) is 0 Å². The summed E-state index contributed by atoms with van der Waals surface area (Å²) in [6.45, 7) is 9.70. The Balaban J connectivity index is 2.40. The van der Waals surface area contributed by atoms with Gasteiger partial charge < -0.3 is 24.9 Å². The zero-order valence-electron chi connectivity index (χ0n) is 15.1. The Morgan fingerprint density at radius 2 is 1.79 bits per heavy atom. The number of benzene rings is 1. The van der Waals surface area contributed by atoms with E-state index in [1.165, 1.54) is 0 Å². The summed E-state index contributed by atoms with van der Waals surface area (Å²) in [5.41, 5.74) is 6.35. The molecule has 1 fully saturated rings. The van der Waals surface area contributed by atoms with Gasteiger partial charge in [0.25, 0.3) is 0 Å². The van der Waals surface area contributed by atoms with E-state index in [2.05, 4.69) is 0 Å². The van der Waals surface area contributed by atoms with Crippen molar-refractivity contribution in [2.24, 2.45) is 5.73 Å². The fraction of sp³-hybridized carbons (Fsp3) is 0.588. The van der Waals surface area contributed by atoms with Crippen molar-refractivity contribution in [2.45, 2.75) is 57.8 Å². The highest BCUT2D eigenvalue weighted by atomic mass is 16.7. The monoisotopic (exact) mass is 335 g/mol. The second-order valence-electron chi connectivity index (χ2n) is 7.24. The van der Waals surface area contributed by atoms with E-state index in [0.29, 0.717) is 5.75 Å². The number of hydrogen-bond acceptors (Lipinski definition) is 5. The van der Waals surface area contributed by atoms with Gasteiger partial charge in [-0.3, -0.25) is 4.79 Å². The van der Waals surface area contributed by atoms with Crippen LogP contribution in [0, 0.1) is 0 Å². The summed E-state index contributed by atoms with van der Waals surface area (Å²) in [4.78, 5) is 11.1. The molecule has 0 aromatic heterocycles. The Bertz CT molecular complexity index is 615. The summed E-state index contributed by atoms with van der Waals surface area (Å²) >= 11 is 0. The predicted molar refractivity (Wildman–Crippen MR) is 92.7 cm³/mol. The first-order valence-corrected chi connectivity index (χ1v) is 8.02. The van der Waals surface area contributed by atoms with E-state index < -0.39 is 30.3 Å². The Morgan fingerprint density at radius 3 is 2.25 bits per heavy atom. The molecule has 24 heavy (non-hydrogen) atoms. The number of aliphatic carboxylic acids is 1. The van der Waals surface area contributed by atoms with Crippen molar-refractivity contribution in [2.75, 3.05) is 7.11 Å². The van der Waals surface area contributed by atoms with Crippen molar-refractivity contribution in [3.8, 4) is 5.75 Å². The largest absolute Gasteiger partial charge is 0.498 e. The molecule has 1 aliphatic rings. The molecular formula is C17H26BNO5. The third-order valence-corrected chi connectivity index (χ3v) is 5.11. The standard InChI is InChI=1S/C17H26BNO5/c1-10(14(19)15(20)21)11-7-8-13(22-6)12(9-11)18-23-16(2,3)17(4,5)24-18/h7-10,14H,19H2,1-6H3,(H,20,21)/t10?,14-/m0/s1. The zero-order valence-corrected chi connectivity index (χ0v) is 15.1. The molecule has 0 spiro atoms. The maximum absolute atomic E-state index is 11.1. The number of ether oxygens (including phenoxy) is 1. The van der Waals surface area contributed by atoms with Crippen LogP contribution >= 0.6 is 0 Å². The predicted octanol–water partition coefficient (Wildman–Crippen LogP) is 1.51. The van der Waals surface area contributed by atoms with Crippen LogP contribution in [0.2, 0.25) is 0 Å². The van der Waals surface area contributed by atoms with Gasteiger partial charge in [0, 0.05) is 11.4 Å². The lowest BCUT2D eigenvalue weighted by atomic mass is 9.76. The van der Waals surface area contributed by atoms with Crippen LogP contribution in [0.1, 0.15) is 46.1 Å². The van der Waals surface area contributed by atoms with Gasteiger partial charge in [0.1, 0.15) is 11.8 Å². The minimum atomic E-state index is -1.03. The highest BCUT2D eigenvalue weighted by Crippen LogP contribution is 2.37. The second-order valence-corrected chi connectivity index (χ2v) is 7.24. The number of nitrogens with two attached hydrogens (primary N) is 1. The van der Waals surface area contributed by atoms with Gasteiger partial charge in [0.05, 0.1) is 18.3 Å². The average Bonchev–Trinajstić information content (AvgIpc) is 2.73. The van der Waals surface area contributed by atoms with Crippen LogP contribution in [-0.4, -0.2) is 42.5 Å². The van der Waals surface area contributed by atoms with Crippen molar-refractivity contribution in [3.63, 3.8) is 0 Å². The first-order valence-electron chi connectivity index (χ1n) is 8.02. The lowest BCUT2D eigenvalue weighted by Gasteiger charge is -2.32. The summed E-state index contributed by atoms with van der Waals surface area (Å²) < 4.78 is 17.6. The number of methoxy groups -OCH3 is 1. The van der Waals surface area contributed by atoms with E-state index in [1.807, 2.05) is 39.8 Å². The molecule has 2 atom stereocenters. The molecule has 7 heteroatoms. The van der Waals surface area contributed by atoms with Crippen LogP contribution in [0.15, 0.2) is 18.2 Å². The van der Waals surface area contributed by atoms with E-state index in [-0.39, 0.29) is 5.92 Å². The van der Waals surface area contributed by atoms with E-state index in [4.69, 9.17) is 24.9 Å². The molecule has 132 valence electrons. The minimum absolute atomic E-state index is 0.352. The second kappa shape index (κ2) is 6.39. The van der Waals surface area contributed by atoms with Gasteiger partial charge in [0.15, 0.2) is 0 Å². The third kappa shape index (κ3) is 3.29. The molecular weight excluding hydrogens is 309 g/mol. The molecule has 0 radical (unpaired) electrons. The minimum Gasteiger partial charge on any atom is -0.497 e. The SMILES string of the molecule is COc1ccc(C(C)[C@H](N)C(=O)O)cc1B1OC(C)(C)C(C)(C)O1. The molecule has 3 N–H and O–H groups in total. The van der Waals surface area contributed by atoms with Crippen LogP contribution in [0.25, 0.3) is 0 Å². The van der Waals surface area contributed by atoms with Gasteiger partial charge in [-0.05, 0) is 39.3 Å². The van der Waals surface area contributed by atoms with Crippen molar-refractivity contribution in [1.82, 2.24) is 0 Å². The molecule has 0 bridgehead atoms. The fourth-order valence-corrected chi connectivity index (χ4v) is 2.61. The molecule has 1 aromatic rings. The molecule has 1 saturated heterocycles. The molecule has 6 nitrogen and oxygen atoms in total. The molecule has 1 heterocycles. The number of carboxylic acid groups (broad SMARTS) is 1. The Hall–Kier alpha value is -1.57. The molecule has 1 aromatic carbocycles. The lowest BCUT2D eigenvalue weighted by Crippen LogP contribution is -2.41. The Kier molecular flexibility index (Phi) is 5.00. The summed E-state index contributed by atoms with van der Waals surface area (Å²) in [6.07, 6.45) is 0. The average molecular weight is 335 g/mol. The molecule has 1 unspecified atom stereocenters. The summed E-state index contributed by atoms with van der Waals surface area (Å²) in [6, 6.07) is 4.49. The smallest absolute Gasteiger partial charge is 0.497 e. The van der Waals surface area contributed by atoms with Gasteiger partial charge in [0.2, 0.25) is 0 Å². The Labute approximate surface area is 143 Å². The highest BCUT2D eigenvalue weighted by molar-refractivity contribution is 6.63. The van der Waals surface area contributed by atoms with Crippen LogP contribution in [-0.2, 0) is 14.1 Å². The van der Waals surface area contributed by atoms with E-state index in [1.54, 1.807) is 20.1 Å². The molecule has 2 rings (SSSR count). The van der Waals surface area contributed by atoms with E-state index >= 15 is 0 Å². The van der Waals surface area contributed by atoms with Crippen molar-refractivity contribution >= 4 is 18.6 Å². The fourth-order valence-electron chi connectivity index (χ4n) is 2.61. The van der Waals surface area contributed by atoms with Crippen molar-refractivity contribution < 1.29 is 23.9 Å². The molecule has 1 aliphatic heterocycles. The summed E-state index contributed by atoms with van der Waals surface area (Å²) in [7, 11) is 0.994. The highest BCUT2D eigenvalue weighted by Gasteiger charge is 2.52. The normalized spacial score (nSPS) is 21.4. The molecule has 0 saturated carbocycles. The van der Waals surface area contributed by atoms with Crippen LogP contribution in [0.3, 0.4) is 0 Å². The number of carbonyl (C=O) groups is 1. The topological polar surface area (TPSA) is 91.0 Å². The van der Waals surface area contributed by atoms with E-state index in [9.17, 15) is 4.79 Å². The van der Waals surface area contributed by atoms with Gasteiger partial charge in [-0.1, -0.05) is 19.1 Å². The van der Waals surface area contributed by atoms with Gasteiger partial charge >= 0.3 is 13.1 Å². The molecule has 0 aliphatic carbocycles. The van der Waals surface area contributed by atoms with Crippen LogP contribution in [0.4, 0.5) is 0 Å². The number of hydrogen-bond donors (Lipinski definition) is 2. The van der Waals surface area contributed by atoms with Crippen molar-refractivity contribution in [1.29, 1.82) is 0 Å². The van der Waals surface area contributed by atoms with Crippen molar-refractivity contribution in [3.05, 3.63) is 23.8 Å². The summed E-state index contributed by atoms with van der Waals surface area (Å²) in [5.74, 6) is -0.751. The number of carboxylic acids is 1. The number of rotatable bonds is 5. The van der Waals surface area contributed by atoms with Gasteiger partial charge in [-0.15, -0.1) is 0 Å².